The maximum Gasteiger partial charge on any atom is 0.292 e. The summed E-state index contributed by atoms with van der Waals surface area (Å²) in [4.78, 5) is 27.5. The molecule has 134 valence electrons. The molecule has 2 aromatic heterocycles. The summed E-state index contributed by atoms with van der Waals surface area (Å²) >= 11 is 0. The van der Waals surface area contributed by atoms with E-state index in [0.29, 0.717) is 10.8 Å². The van der Waals surface area contributed by atoms with E-state index in [1.807, 2.05) is 18.3 Å². The van der Waals surface area contributed by atoms with Gasteiger partial charge in [0.2, 0.25) is 0 Å². The van der Waals surface area contributed by atoms with Crippen molar-refractivity contribution in [3.05, 3.63) is 75.8 Å². The first-order valence-corrected chi connectivity index (χ1v) is 8.59. The van der Waals surface area contributed by atoms with Crippen molar-refractivity contribution in [1.29, 1.82) is 0 Å². The zero-order valence-corrected chi connectivity index (χ0v) is 14.6. The molecule has 3 N–H and O–H groups in total. The number of benzene rings is 2. The highest BCUT2D eigenvalue weighted by atomic mass is 16.2. The van der Waals surface area contributed by atoms with Gasteiger partial charge in [0.15, 0.2) is 5.69 Å². The smallest absolute Gasteiger partial charge is 0.292 e. The molecule has 0 spiro atoms. The van der Waals surface area contributed by atoms with E-state index in [0.717, 1.165) is 22.9 Å². The Morgan fingerprint density at radius 1 is 1.15 bits per heavy atom. The topological polar surface area (TPSA) is 103 Å². The predicted octanol–water partition coefficient (Wildman–Crippen LogP) is 2.73. The molecule has 0 saturated carbocycles. The SMILES string of the molecule is CCc1cccc2c(/C=N/NC(=O)c3n[nH]c(=O)c4ccccc34)c[nH]c12. The van der Waals surface area contributed by atoms with Crippen LogP contribution in [0.15, 0.2) is 58.6 Å². The number of para-hydroxylation sites is 1. The van der Waals surface area contributed by atoms with E-state index in [1.54, 1.807) is 30.5 Å². The van der Waals surface area contributed by atoms with Crippen LogP contribution in [0.3, 0.4) is 0 Å². The minimum atomic E-state index is -0.493. The summed E-state index contributed by atoms with van der Waals surface area (Å²) < 4.78 is 0. The maximum absolute atomic E-state index is 12.4. The van der Waals surface area contributed by atoms with Gasteiger partial charge < -0.3 is 4.98 Å². The van der Waals surface area contributed by atoms with E-state index in [4.69, 9.17) is 0 Å². The Morgan fingerprint density at radius 2 is 1.93 bits per heavy atom. The van der Waals surface area contributed by atoms with Gasteiger partial charge in [-0.15, -0.1) is 0 Å². The lowest BCUT2D eigenvalue weighted by Gasteiger charge is -2.03. The van der Waals surface area contributed by atoms with Gasteiger partial charge in [0, 0.05) is 28.0 Å². The maximum atomic E-state index is 12.4. The van der Waals surface area contributed by atoms with Gasteiger partial charge in [-0.3, -0.25) is 9.59 Å². The highest BCUT2D eigenvalue weighted by molar-refractivity contribution is 6.05. The lowest BCUT2D eigenvalue weighted by atomic mass is 10.1. The molecule has 0 aliphatic carbocycles. The minimum Gasteiger partial charge on any atom is -0.360 e. The molecule has 0 radical (unpaired) electrons. The van der Waals surface area contributed by atoms with E-state index in [9.17, 15) is 9.59 Å². The number of carbonyl (C=O) groups excluding carboxylic acids is 1. The number of aromatic nitrogens is 3. The fraction of sp³-hybridized carbons (Fsp3) is 0.100. The van der Waals surface area contributed by atoms with Crippen LogP contribution >= 0.6 is 0 Å². The van der Waals surface area contributed by atoms with E-state index >= 15 is 0 Å². The average molecular weight is 359 g/mol. The van der Waals surface area contributed by atoms with Gasteiger partial charge in [0.1, 0.15) is 0 Å². The van der Waals surface area contributed by atoms with Gasteiger partial charge in [0.05, 0.1) is 11.6 Å². The molecule has 0 aliphatic rings. The lowest BCUT2D eigenvalue weighted by Crippen LogP contribution is -2.22. The van der Waals surface area contributed by atoms with E-state index in [1.165, 1.54) is 5.56 Å². The molecule has 7 heteroatoms. The van der Waals surface area contributed by atoms with Gasteiger partial charge in [0.25, 0.3) is 11.5 Å². The molecule has 1 amide bonds. The summed E-state index contributed by atoms with van der Waals surface area (Å²) in [6.45, 7) is 2.10. The molecule has 2 heterocycles. The Labute approximate surface area is 154 Å². The zero-order chi connectivity index (χ0) is 18.8. The van der Waals surface area contributed by atoms with Gasteiger partial charge in [-0.05, 0) is 18.1 Å². The first kappa shape index (κ1) is 16.7. The Bertz CT molecular complexity index is 1240. The number of amides is 1. The third kappa shape index (κ3) is 2.99. The number of carbonyl (C=O) groups is 1. The first-order valence-electron chi connectivity index (χ1n) is 8.59. The molecule has 0 fully saturated rings. The van der Waals surface area contributed by atoms with Crippen LogP contribution in [0, 0.1) is 0 Å². The fourth-order valence-corrected chi connectivity index (χ4v) is 3.14. The number of hydrogen-bond acceptors (Lipinski definition) is 4. The van der Waals surface area contributed by atoms with Gasteiger partial charge in [-0.1, -0.05) is 43.3 Å². The number of fused-ring (bicyclic) bond motifs is 2. The average Bonchev–Trinajstić information content (AvgIpc) is 3.11. The summed E-state index contributed by atoms with van der Waals surface area (Å²) in [6.07, 6.45) is 4.37. The van der Waals surface area contributed by atoms with Crippen molar-refractivity contribution in [2.45, 2.75) is 13.3 Å². The van der Waals surface area contributed by atoms with E-state index < -0.39 is 5.91 Å². The van der Waals surface area contributed by atoms with Gasteiger partial charge in [-0.25, -0.2) is 10.5 Å². The Kier molecular flexibility index (Phi) is 4.25. The molecule has 0 bridgehead atoms. The minimum absolute atomic E-state index is 0.120. The summed E-state index contributed by atoms with van der Waals surface area (Å²) in [6, 6.07) is 12.9. The second-order valence-corrected chi connectivity index (χ2v) is 6.08. The summed E-state index contributed by atoms with van der Waals surface area (Å²) in [7, 11) is 0. The Balaban J connectivity index is 1.60. The Hall–Kier alpha value is -3.74. The molecule has 4 aromatic rings. The quantitative estimate of drug-likeness (QED) is 0.385. The Morgan fingerprint density at radius 3 is 2.74 bits per heavy atom. The summed E-state index contributed by atoms with van der Waals surface area (Å²) in [5.74, 6) is -0.493. The lowest BCUT2D eigenvalue weighted by molar-refractivity contribution is 0.0951. The number of rotatable bonds is 4. The van der Waals surface area contributed by atoms with Crippen molar-refractivity contribution < 1.29 is 4.79 Å². The van der Waals surface area contributed by atoms with Crippen LogP contribution in [-0.2, 0) is 6.42 Å². The summed E-state index contributed by atoms with van der Waals surface area (Å²) in [5.41, 5.74) is 5.42. The number of H-pyrrole nitrogens is 2. The molecule has 2 aromatic carbocycles. The third-order valence-corrected chi connectivity index (χ3v) is 4.50. The monoisotopic (exact) mass is 359 g/mol. The molecule has 27 heavy (non-hydrogen) atoms. The van der Waals surface area contributed by atoms with Crippen LogP contribution in [0.25, 0.3) is 21.7 Å². The number of hydrazone groups is 1. The van der Waals surface area contributed by atoms with Crippen LogP contribution in [-0.4, -0.2) is 27.3 Å². The van der Waals surface area contributed by atoms with Crippen molar-refractivity contribution in [2.75, 3.05) is 0 Å². The van der Waals surface area contributed by atoms with Crippen LogP contribution in [0.5, 0.6) is 0 Å². The number of nitrogens with one attached hydrogen (secondary N) is 3. The van der Waals surface area contributed by atoms with Crippen molar-refractivity contribution in [3.63, 3.8) is 0 Å². The van der Waals surface area contributed by atoms with Crippen LogP contribution in [0.1, 0.15) is 28.5 Å². The number of aromatic amines is 2. The molecule has 0 saturated heterocycles. The van der Waals surface area contributed by atoms with Crippen molar-refractivity contribution in [2.24, 2.45) is 5.10 Å². The molecule has 0 unspecified atom stereocenters. The standard InChI is InChI=1S/C20H17N5O2/c1-2-12-6-5-9-14-13(10-21-17(12)14)11-22-24-20(27)18-15-7-3-4-8-16(15)19(26)25-23-18/h3-11,21H,2H2,1H3,(H,24,27)(H,25,26)/b22-11+. The molecule has 4 rings (SSSR count). The molecule has 0 atom stereocenters. The largest absolute Gasteiger partial charge is 0.360 e. The van der Waals surface area contributed by atoms with Gasteiger partial charge >= 0.3 is 0 Å². The fourth-order valence-electron chi connectivity index (χ4n) is 3.14. The van der Waals surface area contributed by atoms with Crippen molar-refractivity contribution >= 4 is 33.8 Å². The molecule has 7 nitrogen and oxygen atoms in total. The van der Waals surface area contributed by atoms with Crippen LogP contribution in [0.2, 0.25) is 0 Å². The molecule has 0 aliphatic heterocycles. The summed E-state index contributed by atoms with van der Waals surface area (Å²) in [5, 5.41) is 12.2. The second-order valence-electron chi connectivity index (χ2n) is 6.08. The number of nitrogens with zero attached hydrogens (tertiary/aromatic N) is 2. The highest BCUT2D eigenvalue weighted by Gasteiger charge is 2.13. The molecular formula is C20H17N5O2. The highest BCUT2D eigenvalue weighted by Crippen LogP contribution is 2.21. The second kappa shape index (κ2) is 6.87. The zero-order valence-electron chi connectivity index (χ0n) is 14.6. The number of hydrogen-bond donors (Lipinski definition) is 3. The molecular weight excluding hydrogens is 342 g/mol. The van der Waals surface area contributed by atoms with Crippen LogP contribution in [0.4, 0.5) is 0 Å². The third-order valence-electron chi connectivity index (χ3n) is 4.50. The predicted molar refractivity (Wildman–Crippen MR) is 105 cm³/mol. The van der Waals surface area contributed by atoms with Crippen LogP contribution < -0.4 is 11.0 Å². The van der Waals surface area contributed by atoms with Gasteiger partial charge in [-0.2, -0.15) is 10.2 Å². The number of aryl methyl sites for hydroxylation is 1. The first-order chi connectivity index (χ1) is 13.2. The van der Waals surface area contributed by atoms with E-state index in [2.05, 4.69) is 38.7 Å². The van der Waals surface area contributed by atoms with Crippen molar-refractivity contribution in [1.82, 2.24) is 20.6 Å². The normalized spacial score (nSPS) is 11.4. The van der Waals surface area contributed by atoms with Crippen molar-refractivity contribution in [3.8, 4) is 0 Å². The van der Waals surface area contributed by atoms with E-state index in [-0.39, 0.29) is 11.3 Å².